The molecule has 24 heavy (non-hydrogen) atoms. The van der Waals surface area contributed by atoms with Crippen molar-refractivity contribution in [2.45, 2.75) is 19.0 Å². The minimum atomic E-state index is -3.18. The molecule has 2 N–H and O–H groups in total. The van der Waals surface area contributed by atoms with Crippen LogP contribution in [0.1, 0.15) is 23.7 Å². The molecule has 0 saturated carbocycles. The molecule has 0 aliphatic carbocycles. The third-order valence-corrected chi connectivity index (χ3v) is 5.81. The Labute approximate surface area is 141 Å². The molecule has 1 aromatic heterocycles. The first-order chi connectivity index (χ1) is 11.6. The summed E-state index contributed by atoms with van der Waals surface area (Å²) in [6, 6.07) is 10.3. The molecule has 2 heterocycles. The molecule has 2 aromatic rings. The molecule has 1 unspecified atom stereocenters. The van der Waals surface area contributed by atoms with Crippen molar-refractivity contribution in [1.82, 2.24) is 20.4 Å². The van der Waals surface area contributed by atoms with E-state index in [0.29, 0.717) is 19.5 Å². The molecular weight excluding hydrogens is 328 g/mol. The molecular formula is C16H20N4O3S. The van der Waals surface area contributed by atoms with Crippen LogP contribution in [0.3, 0.4) is 0 Å². The van der Waals surface area contributed by atoms with Gasteiger partial charge in [0.15, 0.2) is 9.84 Å². The van der Waals surface area contributed by atoms with E-state index in [1.54, 1.807) is 17.2 Å². The highest BCUT2D eigenvalue weighted by molar-refractivity contribution is 7.91. The Bertz CT molecular complexity index is 775. The van der Waals surface area contributed by atoms with Gasteiger partial charge in [-0.15, -0.1) is 0 Å². The molecule has 1 aliphatic rings. The lowest BCUT2D eigenvalue weighted by Gasteiger charge is -2.30. The molecule has 1 atom stereocenters. The van der Waals surface area contributed by atoms with Gasteiger partial charge in [-0.2, -0.15) is 5.10 Å². The molecule has 1 aliphatic heterocycles. The van der Waals surface area contributed by atoms with E-state index in [1.807, 2.05) is 30.3 Å². The molecule has 0 spiro atoms. The number of H-pyrrole nitrogens is 1. The number of carbonyl (C=O) groups excluding carboxylic acids is 1. The largest absolute Gasteiger partial charge is 0.332 e. The highest BCUT2D eigenvalue weighted by atomic mass is 32.2. The van der Waals surface area contributed by atoms with Crippen molar-refractivity contribution < 1.29 is 13.2 Å². The van der Waals surface area contributed by atoms with Crippen LogP contribution in [0.25, 0.3) is 0 Å². The molecule has 8 heteroatoms. The molecule has 1 saturated heterocycles. The van der Waals surface area contributed by atoms with Crippen molar-refractivity contribution in [2.24, 2.45) is 0 Å². The summed E-state index contributed by atoms with van der Waals surface area (Å²) in [7, 11) is -3.18. The van der Waals surface area contributed by atoms with Gasteiger partial charge >= 0.3 is 6.03 Å². The van der Waals surface area contributed by atoms with Crippen LogP contribution in [-0.4, -0.2) is 47.6 Å². The highest BCUT2D eigenvalue weighted by Gasteiger charge is 2.32. The maximum Gasteiger partial charge on any atom is 0.318 e. The van der Waals surface area contributed by atoms with Crippen molar-refractivity contribution in [3.8, 4) is 0 Å². The Kier molecular flexibility index (Phi) is 4.84. The third-order valence-electron chi connectivity index (χ3n) is 4.08. The summed E-state index contributed by atoms with van der Waals surface area (Å²) in [5.41, 5.74) is 1.63. The second-order valence-electron chi connectivity index (χ2n) is 5.83. The number of nitrogens with zero attached hydrogens (tertiary/aromatic N) is 2. The number of urea groups is 1. The van der Waals surface area contributed by atoms with E-state index in [4.69, 9.17) is 0 Å². The molecule has 7 nitrogen and oxygen atoms in total. The summed E-state index contributed by atoms with van der Waals surface area (Å²) in [6.45, 7) is 0.733. The van der Waals surface area contributed by atoms with Crippen molar-refractivity contribution in [3.05, 3.63) is 53.9 Å². The second-order valence-corrected chi connectivity index (χ2v) is 8.06. The average molecular weight is 348 g/mol. The summed E-state index contributed by atoms with van der Waals surface area (Å²) in [5.74, 6) is 0.0646. The average Bonchev–Trinajstić information content (AvgIpc) is 3.03. The van der Waals surface area contributed by atoms with Gasteiger partial charge in [-0.05, 0) is 18.1 Å². The van der Waals surface area contributed by atoms with Crippen molar-refractivity contribution in [3.63, 3.8) is 0 Å². The van der Waals surface area contributed by atoms with E-state index < -0.39 is 15.9 Å². The van der Waals surface area contributed by atoms with E-state index >= 15 is 0 Å². The second kappa shape index (κ2) is 7.04. The van der Waals surface area contributed by atoms with Gasteiger partial charge in [0.2, 0.25) is 0 Å². The van der Waals surface area contributed by atoms with Crippen LogP contribution in [0.4, 0.5) is 4.79 Å². The number of benzene rings is 1. The Morgan fingerprint density at radius 2 is 2.08 bits per heavy atom. The molecule has 2 amide bonds. The number of sulfone groups is 1. The predicted molar refractivity (Wildman–Crippen MR) is 90.0 cm³/mol. The Morgan fingerprint density at radius 1 is 1.29 bits per heavy atom. The van der Waals surface area contributed by atoms with Gasteiger partial charge in [0.05, 0.1) is 29.8 Å². The van der Waals surface area contributed by atoms with Crippen LogP contribution in [0.2, 0.25) is 0 Å². The van der Waals surface area contributed by atoms with E-state index in [9.17, 15) is 13.2 Å². The molecule has 1 aromatic carbocycles. The highest BCUT2D eigenvalue weighted by Crippen LogP contribution is 2.26. The SMILES string of the molecule is O=C(NCc1ccn[nH]1)N1CCCS(=O)(=O)CC1c1ccccc1. The zero-order valence-electron chi connectivity index (χ0n) is 13.2. The topological polar surface area (TPSA) is 95.2 Å². The number of hydrogen-bond donors (Lipinski definition) is 2. The van der Waals surface area contributed by atoms with Crippen LogP contribution >= 0.6 is 0 Å². The van der Waals surface area contributed by atoms with Gasteiger partial charge in [0, 0.05) is 12.7 Å². The Balaban J connectivity index is 1.80. The van der Waals surface area contributed by atoms with Crippen LogP contribution in [0, 0.1) is 0 Å². The summed E-state index contributed by atoms with van der Waals surface area (Å²) in [6.07, 6.45) is 2.07. The molecule has 1 fully saturated rings. The number of nitrogens with one attached hydrogen (secondary N) is 2. The van der Waals surface area contributed by atoms with Gasteiger partial charge < -0.3 is 10.2 Å². The van der Waals surface area contributed by atoms with Crippen molar-refractivity contribution in [2.75, 3.05) is 18.1 Å². The number of aromatic amines is 1. The predicted octanol–water partition coefficient (Wildman–Crippen LogP) is 1.48. The van der Waals surface area contributed by atoms with E-state index in [-0.39, 0.29) is 17.5 Å². The van der Waals surface area contributed by atoms with Gasteiger partial charge in [-0.3, -0.25) is 5.10 Å². The number of rotatable bonds is 3. The number of aromatic nitrogens is 2. The van der Waals surface area contributed by atoms with Crippen LogP contribution in [0.5, 0.6) is 0 Å². The summed E-state index contributed by atoms with van der Waals surface area (Å²) in [4.78, 5) is 14.2. The minimum Gasteiger partial charge on any atom is -0.332 e. The fourth-order valence-electron chi connectivity index (χ4n) is 2.87. The summed E-state index contributed by atoms with van der Waals surface area (Å²) in [5, 5.41) is 9.46. The lowest BCUT2D eigenvalue weighted by molar-refractivity contribution is 0.181. The maximum absolute atomic E-state index is 12.6. The molecule has 128 valence electrons. The standard InChI is InChI=1S/C16H20N4O3S/c21-16(17-11-14-7-8-18-19-14)20-9-4-10-24(22,23)12-15(20)13-5-2-1-3-6-13/h1-3,5-8,15H,4,9-12H2,(H,17,21)(H,18,19). The lowest BCUT2D eigenvalue weighted by atomic mass is 10.1. The van der Waals surface area contributed by atoms with Gasteiger partial charge in [0.1, 0.15) is 0 Å². The normalized spacial score (nSPS) is 20.3. The van der Waals surface area contributed by atoms with E-state index in [2.05, 4.69) is 15.5 Å². The number of carbonyl (C=O) groups is 1. The minimum absolute atomic E-state index is 0.0471. The van der Waals surface area contributed by atoms with Crippen molar-refractivity contribution in [1.29, 1.82) is 0 Å². The first kappa shape index (κ1) is 16.5. The fraction of sp³-hybridized carbons (Fsp3) is 0.375. The smallest absolute Gasteiger partial charge is 0.318 e. The quantitative estimate of drug-likeness (QED) is 0.878. The Hall–Kier alpha value is -2.35. The van der Waals surface area contributed by atoms with E-state index in [0.717, 1.165) is 11.3 Å². The van der Waals surface area contributed by atoms with Gasteiger partial charge in [-0.1, -0.05) is 30.3 Å². The van der Waals surface area contributed by atoms with Gasteiger partial charge in [0.25, 0.3) is 0 Å². The summed E-state index contributed by atoms with van der Waals surface area (Å²) >= 11 is 0. The number of amides is 2. The first-order valence-corrected chi connectivity index (χ1v) is 9.65. The fourth-order valence-corrected chi connectivity index (χ4v) is 4.46. The van der Waals surface area contributed by atoms with Crippen LogP contribution in [0.15, 0.2) is 42.6 Å². The third kappa shape index (κ3) is 3.94. The lowest BCUT2D eigenvalue weighted by Crippen LogP contribution is -2.43. The zero-order valence-corrected chi connectivity index (χ0v) is 14.0. The molecule has 3 rings (SSSR count). The van der Waals surface area contributed by atoms with Crippen LogP contribution in [-0.2, 0) is 16.4 Å². The first-order valence-electron chi connectivity index (χ1n) is 7.83. The Morgan fingerprint density at radius 3 is 2.79 bits per heavy atom. The monoisotopic (exact) mass is 348 g/mol. The van der Waals surface area contributed by atoms with Gasteiger partial charge in [-0.25, -0.2) is 13.2 Å². The summed E-state index contributed by atoms with van der Waals surface area (Å²) < 4.78 is 24.4. The van der Waals surface area contributed by atoms with Crippen LogP contribution < -0.4 is 5.32 Å². The maximum atomic E-state index is 12.6. The van der Waals surface area contributed by atoms with Crippen molar-refractivity contribution >= 4 is 15.9 Å². The molecule has 0 bridgehead atoms. The van der Waals surface area contributed by atoms with E-state index in [1.165, 1.54) is 0 Å². The molecule has 0 radical (unpaired) electrons. The zero-order chi connectivity index (χ0) is 17.0. The number of hydrogen-bond acceptors (Lipinski definition) is 4.